The highest BCUT2D eigenvalue weighted by atomic mass is 16.1. The smallest absolute Gasteiger partial charge is 0.220 e. The zero-order chi connectivity index (χ0) is 26.6. The van der Waals surface area contributed by atoms with E-state index in [0.717, 1.165) is 38.5 Å². The maximum Gasteiger partial charge on any atom is 0.220 e. The van der Waals surface area contributed by atoms with Gasteiger partial charge in [-0.15, -0.1) is 0 Å². The Morgan fingerprint density at radius 2 is 1.58 bits per heavy atom. The van der Waals surface area contributed by atoms with Crippen LogP contribution in [-0.2, 0) is 14.4 Å². The molecule has 5 rings (SSSR count). The summed E-state index contributed by atoms with van der Waals surface area (Å²) < 4.78 is 0. The van der Waals surface area contributed by atoms with E-state index in [4.69, 9.17) is 5.73 Å². The van der Waals surface area contributed by atoms with Crippen molar-refractivity contribution in [2.24, 2.45) is 68.3 Å². The van der Waals surface area contributed by atoms with Crippen molar-refractivity contribution in [1.29, 1.82) is 5.26 Å². The van der Waals surface area contributed by atoms with E-state index in [0.29, 0.717) is 12.2 Å². The van der Waals surface area contributed by atoms with Crippen molar-refractivity contribution in [2.45, 2.75) is 93.4 Å². The van der Waals surface area contributed by atoms with E-state index in [1.54, 1.807) is 0 Å². The molecule has 196 valence electrons. The number of nitrogens with two attached hydrogens (primary N) is 1. The minimum atomic E-state index is -0.615. The summed E-state index contributed by atoms with van der Waals surface area (Å²) in [6, 6.07) is 2.20. The quantitative estimate of drug-likeness (QED) is 0.513. The summed E-state index contributed by atoms with van der Waals surface area (Å²) in [5.74, 6) is 0.459. The second kappa shape index (κ2) is 7.55. The summed E-state index contributed by atoms with van der Waals surface area (Å²) in [7, 11) is 0. The molecule has 4 fully saturated rings. The van der Waals surface area contributed by atoms with Crippen LogP contribution in [0, 0.1) is 73.9 Å². The zero-order valence-corrected chi connectivity index (χ0v) is 23.2. The first-order chi connectivity index (χ1) is 16.5. The SMILES string of the molecule is CC1(C)C[C@H]2[C@H](CC[C@]3(C)[C@@H]2C(=O)CC2[C@@]4(C)C=C(C#N)C(=O)C(C)(C)[C@@H]4CC[C@]23C)[C@H](C(N)=O)C1. The van der Waals surface area contributed by atoms with Gasteiger partial charge in [0.15, 0.2) is 5.78 Å². The first-order valence-corrected chi connectivity index (χ1v) is 14.0. The standard InChI is InChI=1S/C31H44N2O3/c1-27(2)14-19-18(20(15-27)26(33)36)8-10-31(7)24(19)21(34)12-23-29(5)13-17(16-32)25(35)28(3,4)22(29)9-11-30(23,31)6/h13,18-20,22-24H,8-12,14-15H2,1-7H3,(H2,33,36)/t18-,19-,20+,22-,23?,24-,29-,30+,31+/m0/s1. The lowest BCUT2D eigenvalue weighted by Gasteiger charge is -2.71. The molecule has 1 unspecified atom stereocenters. The number of ketones is 2. The van der Waals surface area contributed by atoms with Crippen LogP contribution in [0.3, 0.4) is 0 Å². The van der Waals surface area contributed by atoms with Gasteiger partial charge >= 0.3 is 0 Å². The largest absolute Gasteiger partial charge is 0.369 e. The molecule has 36 heavy (non-hydrogen) atoms. The van der Waals surface area contributed by atoms with Crippen LogP contribution in [0.4, 0.5) is 0 Å². The summed E-state index contributed by atoms with van der Waals surface area (Å²) in [5, 5.41) is 9.85. The molecule has 1 amide bonds. The molecule has 5 aliphatic rings. The van der Waals surface area contributed by atoms with Gasteiger partial charge < -0.3 is 5.73 Å². The van der Waals surface area contributed by atoms with Crippen molar-refractivity contribution < 1.29 is 14.4 Å². The number of carbonyl (C=O) groups is 3. The number of hydrogen-bond donors (Lipinski definition) is 1. The van der Waals surface area contributed by atoms with Crippen molar-refractivity contribution in [2.75, 3.05) is 0 Å². The average Bonchev–Trinajstić information content (AvgIpc) is 2.76. The summed E-state index contributed by atoms with van der Waals surface area (Å²) in [6.07, 6.45) is 8.03. The Labute approximate surface area is 216 Å². The molecule has 0 aromatic heterocycles. The van der Waals surface area contributed by atoms with Gasteiger partial charge in [0, 0.05) is 23.7 Å². The molecule has 9 atom stereocenters. The van der Waals surface area contributed by atoms with Crippen molar-refractivity contribution in [3.05, 3.63) is 11.6 Å². The number of allylic oxidation sites excluding steroid dienone is 2. The molecule has 0 aromatic carbocycles. The van der Waals surface area contributed by atoms with Crippen LogP contribution < -0.4 is 5.73 Å². The molecule has 0 bridgehead atoms. The maximum atomic E-state index is 14.3. The van der Waals surface area contributed by atoms with Crippen LogP contribution in [-0.4, -0.2) is 17.5 Å². The summed E-state index contributed by atoms with van der Waals surface area (Å²) in [6.45, 7) is 15.4. The van der Waals surface area contributed by atoms with E-state index in [9.17, 15) is 19.6 Å². The number of fused-ring (bicyclic) bond motifs is 7. The Morgan fingerprint density at radius 1 is 0.944 bits per heavy atom. The number of hydrogen-bond acceptors (Lipinski definition) is 4. The maximum absolute atomic E-state index is 14.3. The number of nitrogens with zero attached hydrogens (tertiary/aromatic N) is 1. The van der Waals surface area contributed by atoms with Gasteiger partial charge in [-0.3, -0.25) is 14.4 Å². The highest BCUT2D eigenvalue weighted by molar-refractivity contribution is 6.04. The molecular formula is C31H44N2O3. The second-order valence-corrected chi connectivity index (χ2v) is 15.2. The molecule has 0 saturated heterocycles. The molecule has 5 heteroatoms. The van der Waals surface area contributed by atoms with Crippen molar-refractivity contribution in [3.8, 4) is 6.07 Å². The van der Waals surface area contributed by atoms with Crippen molar-refractivity contribution >= 4 is 17.5 Å². The monoisotopic (exact) mass is 492 g/mol. The fraction of sp³-hybridized carbons (Fsp3) is 0.806. The van der Waals surface area contributed by atoms with Crippen LogP contribution in [0.2, 0.25) is 0 Å². The van der Waals surface area contributed by atoms with Crippen LogP contribution >= 0.6 is 0 Å². The first kappa shape index (κ1) is 25.7. The molecule has 5 aliphatic carbocycles. The third kappa shape index (κ3) is 3.08. The molecule has 0 heterocycles. The molecule has 0 aliphatic heterocycles. The predicted molar refractivity (Wildman–Crippen MR) is 138 cm³/mol. The Balaban J connectivity index is 1.61. The van der Waals surface area contributed by atoms with Crippen LogP contribution in [0.25, 0.3) is 0 Å². The Morgan fingerprint density at radius 3 is 2.19 bits per heavy atom. The fourth-order valence-corrected chi connectivity index (χ4v) is 11.0. The van der Waals surface area contributed by atoms with Crippen LogP contribution in [0.15, 0.2) is 11.6 Å². The van der Waals surface area contributed by atoms with Crippen LogP contribution in [0.5, 0.6) is 0 Å². The minimum absolute atomic E-state index is 0.0149. The summed E-state index contributed by atoms with van der Waals surface area (Å²) >= 11 is 0. The van der Waals surface area contributed by atoms with E-state index < -0.39 is 5.41 Å². The normalized spacial score (nSPS) is 48.9. The Bertz CT molecular complexity index is 1110. The summed E-state index contributed by atoms with van der Waals surface area (Å²) in [5.41, 5.74) is 4.93. The van der Waals surface area contributed by atoms with E-state index in [-0.39, 0.29) is 74.4 Å². The molecule has 0 aromatic rings. The average molecular weight is 493 g/mol. The number of primary amides is 1. The van der Waals surface area contributed by atoms with E-state index >= 15 is 0 Å². The molecule has 2 N–H and O–H groups in total. The lowest BCUT2D eigenvalue weighted by Crippen LogP contribution is -2.68. The van der Waals surface area contributed by atoms with E-state index in [2.05, 4.69) is 40.7 Å². The number of Topliss-reactive ketones (excluding diaryl/α,β-unsaturated/α-hetero) is 2. The van der Waals surface area contributed by atoms with Gasteiger partial charge in [-0.1, -0.05) is 54.5 Å². The topological polar surface area (TPSA) is 101 Å². The van der Waals surface area contributed by atoms with Gasteiger partial charge in [-0.05, 0) is 83.9 Å². The highest BCUT2D eigenvalue weighted by Gasteiger charge is 2.71. The van der Waals surface area contributed by atoms with Gasteiger partial charge in [-0.25, -0.2) is 0 Å². The lowest BCUT2D eigenvalue weighted by molar-refractivity contribution is -0.214. The van der Waals surface area contributed by atoms with Gasteiger partial charge in [0.1, 0.15) is 11.9 Å². The number of rotatable bonds is 1. The van der Waals surface area contributed by atoms with Crippen molar-refractivity contribution in [1.82, 2.24) is 0 Å². The Kier molecular flexibility index (Phi) is 5.38. The van der Waals surface area contributed by atoms with E-state index in [1.165, 1.54) is 0 Å². The molecule has 5 nitrogen and oxygen atoms in total. The first-order valence-electron chi connectivity index (χ1n) is 14.0. The van der Waals surface area contributed by atoms with Gasteiger partial charge in [-0.2, -0.15) is 5.26 Å². The van der Waals surface area contributed by atoms with Gasteiger partial charge in [0.2, 0.25) is 5.91 Å². The fourth-order valence-electron chi connectivity index (χ4n) is 11.0. The third-order valence-corrected chi connectivity index (χ3v) is 12.7. The number of amides is 1. The Hall–Kier alpha value is -1.96. The van der Waals surface area contributed by atoms with Crippen molar-refractivity contribution in [3.63, 3.8) is 0 Å². The molecular weight excluding hydrogens is 448 g/mol. The molecule has 0 radical (unpaired) electrons. The molecule has 0 spiro atoms. The zero-order valence-electron chi connectivity index (χ0n) is 23.2. The summed E-state index contributed by atoms with van der Waals surface area (Å²) in [4.78, 5) is 40.0. The minimum Gasteiger partial charge on any atom is -0.369 e. The number of nitriles is 1. The van der Waals surface area contributed by atoms with Gasteiger partial charge in [0.25, 0.3) is 0 Å². The molecule has 4 saturated carbocycles. The lowest BCUT2D eigenvalue weighted by atomic mass is 9.32. The van der Waals surface area contributed by atoms with E-state index in [1.807, 2.05) is 19.9 Å². The third-order valence-electron chi connectivity index (χ3n) is 12.7. The predicted octanol–water partition coefficient (Wildman–Crippen LogP) is 5.63. The van der Waals surface area contributed by atoms with Crippen LogP contribution in [0.1, 0.15) is 93.4 Å². The van der Waals surface area contributed by atoms with Gasteiger partial charge in [0.05, 0.1) is 5.57 Å². The second-order valence-electron chi connectivity index (χ2n) is 15.2. The number of carbonyl (C=O) groups excluding carboxylic acids is 3. The highest BCUT2D eigenvalue weighted by Crippen LogP contribution is 2.74.